The molecule has 3 aromatic heterocycles. The number of carbonyl (C=O) groups excluding carboxylic acids is 1. The van der Waals surface area contributed by atoms with Crippen LogP contribution in [0.5, 0.6) is 0 Å². The molecule has 0 aromatic carbocycles. The topological polar surface area (TPSA) is 91.8 Å². The molecular formula is C21H25FN6OS. The molecule has 1 aliphatic rings. The van der Waals surface area contributed by atoms with Gasteiger partial charge in [-0.3, -0.25) is 9.78 Å². The molecule has 3 aromatic rings. The highest BCUT2D eigenvalue weighted by Crippen LogP contribution is 2.28. The van der Waals surface area contributed by atoms with Gasteiger partial charge in [0.15, 0.2) is 5.69 Å². The van der Waals surface area contributed by atoms with Crippen molar-refractivity contribution in [2.75, 3.05) is 25.0 Å². The number of hydrogen-bond acceptors (Lipinski definition) is 7. The third-order valence-electron chi connectivity index (χ3n) is 5.28. The minimum absolute atomic E-state index is 0.196. The Morgan fingerprint density at radius 3 is 3.00 bits per heavy atom. The summed E-state index contributed by atoms with van der Waals surface area (Å²) in [6.07, 6.45) is 4.86. The number of halogens is 1. The monoisotopic (exact) mass is 428 g/mol. The first-order valence-electron chi connectivity index (χ1n) is 10.1. The summed E-state index contributed by atoms with van der Waals surface area (Å²) in [5.74, 6) is 0.349. The molecule has 1 amide bonds. The molecule has 0 bridgehead atoms. The van der Waals surface area contributed by atoms with Crippen molar-refractivity contribution < 1.29 is 9.18 Å². The number of aryl methyl sites for hydroxylation is 1. The maximum absolute atomic E-state index is 13.5. The van der Waals surface area contributed by atoms with Gasteiger partial charge in [0, 0.05) is 17.6 Å². The first-order valence-corrected chi connectivity index (χ1v) is 11.0. The van der Waals surface area contributed by atoms with Gasteiger partial charge in [-0.25, -0.2) is 14.4 Å². The SMILES string of the molecule is Cc1cc2nc(NC(C)c3cncc(F)c3)nc(C(=O)NCCC3CCNC3)c2s1. The Kier molecular flexibility index (Phi) is 6.19. The maximum atomic E-state index is 13.5. The Morgan fingerprint density at radius 2 is 2.23 bits per heavy atom. The second-order valence-electron chi connectivity index (χ2n) is 7.67. The highest BCUT2D eigenvalue weighted by Gasteiger charge is 2.20. The largest absolute Gasteiger partial charge is 0.351 e. The molecule has 0 spiro atoms. The van der Waals surface area contributed by atoms with E-state index in [1.165, 1.54) is 17.4 Å². The van der Waals surface area contributed by atoms with Crippen molar-refractivity contribution in [2.24, 2.45) is 5.92 Å². The predicted octanol–water partition coefficient (Wildman–Crippen LogP) is 3.44. The average molecular weight is 429 g/mol. The van der Waals surface area contributed by atoms with E-state index < -0.39 is 5.82 Å². The minimum atomic E-state index is -0.400. The summed E-state index contributed by atoms with van der Waals surface area (Å²) in [5.41, 5.74) is 1.77. The summed E-state index contributed by atoms with van der Waals surface area (Å²) in [7, 11) is 0. The molecule has 1 fully saturated rings. The van der Waals surface area contributed by atoms with E-state index in [1.807, 2.05) is 19.9 Å². The molecule has 0 aliphatic carbocycles. The van der Waals surface area contributed by atoms with E-state index in [0.717, 1.165) is 47.2 Å². The van der Waals surface area contributed by atoms with Gasteiger partial charge in [0.05, 0.1) is 22.5 Å². The first-order chi connectivity index (χ1) is 14.5. The lowest BCUT2D eigenvalue weighted by molar-refractivity contribution is 0.0948. The first kappa shape index (κ1) is 20.6. The Morgan fingerprint density at radius 1 is 1.37 bits per heavy atom. The summed E-state index contributed by atoms with van der Waals surface area (Å²) in [6.45, 7) is 6.54. The summed E-state index contributed by atoms with van der Waals surface area (Å²) >= 11 is 1.51. The number of thiophene rings is 1. The molecule has 4 rings (SSSR count). The fourth-order valence-electron chi connectivity index (χ4n) is 3.64. The number of anilines is 1. The normalized spacial score (nSPS) is 17.2. The zero-order valence-electron chi connectivity index (χ0n) is 17.0. The van der Waals surface area contributed by atoms with Gasteiger partial charge in [0.25, 0.3) is 5.91 Å². The van der Waals surface area contributed by atoms with Crippen molar-refractivity contribution in [2.45, 2.75) is 32.7 Å². The smallest absolute Gasteiger partial charge is 0.271 e. The van der Waals surface area contributed by atoms with Crippen molar-refractivity contribution in [3.63, 3.8) is 0 Å². The van der Waals surface area contributed by atoms with E-state index in [4.69, 9.17) is 0 Å². The highest BCUT2D eigenvalue weighted by molar-refractivity contribution is 7.19. The zero-order chi connectivity index (χ0) is 21.1. The summed E-state index contributed by atoms with van der Waals surface area (Å²) < 4.78 is 14.3. The van der Waals surface area contributed by atoms with E-state index in [1.54, 1.807) is 6.20 Å². The van der Waals surface area contributed by atoms with Gasteiger partial charge < -0.3 is 16.0 Å². The fourth-order valence-corrected chi connectivity index (χ4v) is 4.58. The van der Waals surface area contributed by atoms with Gasteiger partial charge in [0.2, 0.25) is 5.95 Å². The molecular weight excluding hydrogens is 403 g/mol. The summed E-state index contributed by atoms with van der Waals surface area (Å²) in [5, 5.41) is 9.52. The standard InChI is InChI=1S/C21H25FN6OS/c1-12-7-17-19(30-12)18(20(29)25-6-4-14-3-5-23-9-14)28-21(27-17)26-13(2)15-8-16(22)11-24-10-15/h7-8,10-11,13-14,23H,3-6,9H2,1-2H3,(H,25,29)(H,26,27,28). The molecule has 0 saturated carbocycles. The van der Waals surface area contributed by atoms with E-state index in [2.05, 4.69) is 30.9 Å². The fraction of sp³-hybridized carbons (Fsp3) is 0.429. The van der Waals surface area contributed by atoms with Gasteiger partial charge in [-0.05, 0) is 63.4 Å². The van der Waals surface area contributed by atoms with Gasteiger partial charge >= 0.3 is 0 Å². The van der Waals surface area contributed by atoms with Crippen LogP contribution in [-0.2, 0) is 0 Å². The van der Waals surface area contributed by atoms with Crippen molar-refractivity contribution in [1.29, 1.82) is 0 Å². The predicted molar refractivity (Wildman–Crippen MR) is 116 cm³/mol. The lowest BCUT2D eigenvalue weighted by Crippen LogP contribution is -2.27. The molecule has 7 nitrogen and oxygen atoms in total. The zero-order valence-corrected chi connectivity index (χ0v) is 17.9. The molecule has 0 radical (unpaired) electrons. The molecule has 2 unspecified atom stereocenters. The molecule has 3 N–H and O–H groups in total. The number of fused-ring (bicyclic) bond motifs is 1. The summed E-state index contributed by atoms with van der Waals surface area (Å²) in [6, 6.07) is 3.10. The summed E-state index contributed by atoms with van der Waals surface area (Å²) in [4.78, 5) is 26.9. The third-order valence-corrected chi connectivity index (χ3v) is 6.33. The van der Waals surface area contributed by atoms with Crippen molar-refractivity contribution >= 4 is 33.4 Å². The number of amides is 1. The van der Waals surface area contributed by atoms with Crippen LogP contribution in [0.3, 0.4) is 0 Å². The number of aromatic nitrogens is 3. The molecule has 1 aliphatic heterocycles. The van der Waals surface area contributed by atoms with E-state index in [0.29, 0.717) is 29.7 Å². The van der Waals surface area contributed by atoms with Crippen LogP contribution in [0, 0.1) is 18.7 Å². The third kappa shape index (κ3) is 4.73. The number of nitrogens with zero attached hydrogens (tertiary/aromatic N) is 3. The van der Waals surface area contributed by atoms with E-state index in [9.17, 15) is 9.18 Å². The van der Waals surface area contributed by atoms with Gasteiger partial charge in [-0.15, -0.1) is 11.3 Å². The molecule has 1 saturated heterocycles. The average Bonchev–Trinajstić information content (AvgIpc) is 3.36. The van der Waals surface area contributed by atoms with Crippen LogP contribution in [0.1, 0.15) is 46.7 Å². The highest BCUT2D eigenvalue weighted by atomic mass is 32.1. The number of nitrogens with one attached hydrogen (secondary N) is 3. The molecule has 158 valence electrons. The Balaban J connectivity index is 1.53. The van der Waals surface area contributed by atoms with Crippen molar-refractivity contribution in [1.82, 2.24) is 25.6 Å². The van der Waals surface area contributed by atoms with Crippen molar-refractivity contribution in [3.8, 4) is 0 Å². The Bertz CT molecular complexity index is 1050. The molecule has 4 heterocycles. The van der Waals surface area contributed by atoms with Crippen molar-refractivity contribution in [3.05, 3.63) is 46.5 Å². The van der Waals surface area contributed by atoms with Crippen LogP contribution in [0.25, 0.3) is 10.2 Å². The number of pyridine rings is 1. The van der Waals surface area contributed by atoms with Crippen LogP contribution in [-0.4, -0.2) is 40.5 Å². The van der Waals surface area contributed by atoms with Gasteiger partial charge in [0.1, 0.15) is 5.82 Å². The lowest BCUT2D eigenvalue weighted by atomic mass is 10.1. The molecule has 9 heteroatoms. The Labute approximate surface area is 178 Å². The molecule has 30 heavy (non-hydrogen) atoms. The van der Waals surface area contributed by atoms with Gasteiger partial charge in [-0.2, -0.15) is 0 Å². The van der Waals surface area contributed by atoms with E-state index in [-0.39, 0.29) is 11.9 Å². The second-order valence-corrected chi connectivity index (χ2v) is 8.93. The quantitative estimate of drug-likeness (QED) is 0.534. The van der Waals surface area contributed by atoms with Crippen LogP contribution >= 0.6 is 11.3 Å². The Hall–Kier alpha value is -2.65. The second kappa shape index (κ2) is 9.01. The van der Waals surface area contributed by atoms with Crippen LogP contribution < -0.4 is 16.0 Å². The minimum Gasteiger partial charge on any atom is -0.351 e. The maximum Gasteiger partial charge on any atom is 0.271 e. The van der Waals surface area contributed by atoms with Crippen LogP contribution in [0.15, 0.2) is 24.5 Å². The number of rotatable bonds is 7. The van der Waals surface area contributed by atoms with Crippen LogP contribution in [0.4, 0.5) is 10.3 Å². The van der Waals surface area contributed by atoms with Gasteiger partial charge in [-0.1, -0.05) is 0 Å². The van der Waals surface area contributed by atoms with E-state index >= 15 is 0 Å². The lowest BCUT2D eigenvalue weighted by Gasteiger charge is -2.15. The van der Waals surface area contributed by atoms with Crippen LogP contribution in [0.2, 0.25) is 0 Å². The number of hydrogen-bond donors (Lipinski definition) is 3. The number of carbonyl (C=O) groups is 1. The molecule has 2 atom stereocenters.